The zero-order valence-corrected chi connectivity index (χ0v) is 12.3. The first-order valence-electron chi connectivity index (χ1n) is 6.64. The minimum Gasteiger partial charge on any atom is -0.468 e. The first-order chi connectivity index (χ1) is 9.25. The zero-order chi connectivity index (χ0) is 13.5. The summed E-state index contributed by atoms with van der Waals surface area (Å²) in [6, 6.07) is 6.66. The van der Waals surface area contributed by atoms with Crippen LogP contribution in [0.4, 0.5) is 0 Å². The number of ether oxygens (including phenoxy) is 1. The molecule has 0 fully saturated rings. The fourth-order valence-corrected chi connectivity index (χ4v) is 2.45. The van der Waals surface area contributed by atoms with Crippen LogP contribution in [0.3, 0.4) is 0 Å². The Balaban J connectivity index is 1.72. The Kier molecular flexibility index (Phi) is 5.63. The van der Waals surface area contributed by atoms with Gasteiger partial charge in [-0.2, -0.15) is 0 Å². The second kappa shape index (κ2) is 7.48. The second-order valence-electron chi connectivity index (χ2n) is 4.79. The summed E-state index contributed by atoms with van der Waals surface area (Å²) in [7, 11) is 0. The Hall–Kier alpha value is -1.10. The molecule has 0 amide bonds. The summed E-state index contributed by atoms with van der Waals surface area (Å²) < 4.78 is 11.2. The van der Waals surface area contributed by atoms with Gasteiger partial charge in [0.05, 0.1) is 26.0 Å². The van der Waals surface area contributed by atoms with Gasteiger partial charge in [0.2, 0.25) is 0 Å². The first kappa shape index (κ1) is 14.3. The average Bonchev–Trinajstić information content (AvgIpc) is 3.03. The van der Waals surface area contributed by atoms with E-state index in [2.05, 4.69) is 36.7 Å². The van der Waals surface area contributed by atoms with Crippen molar-refractivity contribution < 1.29 is 9.15 Å². The fraction of sp³-hybridized carbons (Fsp3) is 0.467. The highest BCUT2D eigenvalue weighted by Crippen LogP contribution is 2.13. The van der Waals surface area contributed by atoms with E-state index in [1.165, 1.54) is 4.88 Å². The molecular weight excluding hydrogens is 258 g/mol. The zero-order valence-electron chi connectivity index (χ0n) is 11.5. The molecule has 104 valence electrons. The van der Waals surface area contributed by atoms with Crippen molar-refractivity contribution in [1.29, 1.82) is 0 Å². The van der Waals surface area contributed by atoms with Crippen molar-refractivity contribution in [3.05, 3.63) is 46.0 Å². The molecule has 2 rings (SSSR count). The molecule has 2 aromatic rings. The molecule has 0 spiro atoms. The normalized spacial score (nSPS) is 11.3. The maximum absolute atomic E-state index is 5.72. The van der Waals surface area contributed by atoms with E-state index in [-0.39, 0.29) is 0 Å². The van der Waals surface area contributed by atoms with Gasteiger partial charge in [-0.05, 0) is 17.5 Å². The van der Waals surface area contributed by atoms with Crippen LogP contribution in [0.1, 0.15) is 30.0 Å². The van der Waals surface area contributed by atoms with Gasteiger partial charge in [0.1, 0.15) is 5.76 Å². The molecular formula is C15H21NO2S. The third kappa shape index (κ3) is 4.82. The molecule has 3 nitrogen and oxygen atoms in total. The van der Waals surface area contributed by atoms with Crippen molar-refractivity contribution in [1.82, 2.24) is 5.32 Å². The summed E-state index contributed by atoms with van der Waals surface area (Å²) in [5, 5.41) is 5.45. The fourth-order valence-electron chi connectivity index (χ4n) is 1.76. The highest BCUT2D eigenvalue weighted by molar-refractivity contribution is 7.09. The number of thiophene rings is 1. The molecule has 19 heavy (non-hydrogen) atoms. The van der Waals surface area contributed by atoms with Crippen LogP contribution in [0.2, 0.25) is 0 Å². The van der Waals surface area contributed by atoms with E-state index in [1.54, 1.807) is 17.6 Å². The van der Waals surface area contributed by atoms with Gasteiger partial charge in [-0.1, -0.05) is 19.9 Å². The van der Waals surface area contributed by atoms with Crippen molar-refractivity contribution >= 4 is 11.3 Å². The molecule has 0 aliphatic heterocycles. The van der Waals surface area contributed by atoms with E-state index >= 15 is 0 Å². The summed E-state index contributed by atoms with van der Waals surface area (Å²) in [4.78, 5) is 1.37. The summed E-state index contributed by atoms with van der Waals surface area (Å²) in [6.45, 7) is 6.38. The summed E-state index contributed by atoms with van der Waals surface area (Å²) in [6.07, 6.45) is 2.71. The molecule has 2 aromatic heterocycles. The van der Waals surface area contributed by atoms with E-state index < -0.39 is 0 Å². The minimum atomic E-state index is 0.456. The number of hydrogen-bond acceptors (Lipinski definition) is 4. The van der Waals surface area contributed by atoms with Gasteiger partial charge in [0.15, 0.2) is 0 Å². The molecule has 0 atom stereocenters. The van der Waals surface area contributed by atoms with E-state index in [0.29, 0.717) is 12.6 Å². The van der Waals surface area contributed by atoms with Crippen LogP contribution in [-0.2, 0) is 24.3 Å². The van der Waals surface area contributed by atoms with Gasteiger partial charge in [0, 0.05) is 22.9 Å². The second-order valence-corrected chi connectivity index (χ2v) is 5.82. The Labute approximate surface area is 118 Å². The van der Waals surface area contributed by atoms with Gasteiger partial charge in [0.25, 0.3) is 0 Å². The summed E-state index contributed by atoms with van der Waals surface area (Å²) in [5.74, 6) is 0.977. The Morgan fingerprint density at radius 2 is 2.26 bits per heavy atom. The van der Waals surface area contributed by atoms with Crippen LogP contribution in [0.15, 0.2) is 34.3 Å². The van der Waals surface area contributed by atoms with Crippen LogP contribution in [-0.4, -0.2) is 12.6 Å². The van der Waals surface area contributed by atoms with Gasteiger partial charge in [-0.25, -0.2) is 0 Å². The van der Waals surface area contributed by atoms with Gasteiger partial charge < -0.3 is 14.5 Å². The van der Waals surface area contributed by atoms with Crippen molar-refractivity contribution in [3.63, 3.8) is 0 Å². The lowest BCUT2D eigenvalue weighted by atomic mass is 10.2. The molecule has 0 radical (unpaired) electrons. The van der Waals surface area contributed by atoms with Gasteiger partial charge in [-0.3, -0.25) is 0 Å². The molecule has 0 saturated heterocycles. The number of rotatable bonds is 8. The maximum atomic E-state index is 5.72. The molecule has 0 aliphatic carbocycles. The molecule has 0 aliphatic rings. The predicted octanol–water partition coefficient (Wildman–Crippen LogP) is 3.60. The predicted molar refractivity (Wildman–Crippen MR) is 78.4 cm³/mol. The molecule has 0 aromatic carbocycles. The van der Waals surface area contributed by atoms with E-state index in [1.807, 2.05) is 6.07 Å². The lowest BCUT2D eigenvalue weighted by Gasteiger charge is -2.08. The smallest absolute Gasteiger partial charge is 0.123 e. The topological polar surface area (TPSA) is 34.4 Å². The standard InChI is InChI=1S/C15H21NO2S/c1-12(2)16-10-15-13(5-8-18-15)11-17-7-6-14-4-3-9-19-14/h3-5,8-9,12,16H,6-7,10-11H2,1-2H3. The lowest BCUT2D eigenvalue weighted by molar-refractivity contribution is 0.123. The molecule has 1 N–H and O–H groups in total. The highest BCUT2D eigenvalue weighted by Gasteiger charge is 2.07. The molecule has 2 heterocycles. The summed E-state index contributed by atoms with van der Waals surface area (Å²) >= 11 is 1.78. The van der Waals surface area contributed by atoms with Gasteiger partial charge in [-0.15, -0.1) is 11.3 Å². The van der Waals surface area contributed by atoms with Gasteiger partial charge >= 0.3 is 0 Å². The quantitative estimate of drug-likeness (QED) is 0.750. The maximum Gasteiger partial charge on any atom is 0.123 e. The lowest BCUT2D eigenvalue weighted by Crippen LogP contribution is -2.22. The summed E-state index contributed by atoms with van der Waals surface area (Å²) in [5.41, 5.74) is 1.14. The largest absolute Gasteiger partial charge is 0.468 e. The Morgan fingerprint density at radius 3 is 3.00 bits per heavy atom. The Bertz CT molecular complexity index is 462. The molecule has 0 bridgehead atoms. The SMILES string of the molecule is CC(C)NCc1occc1COCCc1cccs1. The van der Waals surface area contributed by atoms with Crippen molar-refractivity contribution in [2.45, 2.75) is 39.5 Å². The van der Waals surface area contributed by atoms with Crippen molar-refractivity contribution in [2.75, 3.05) is 6.61 Å². The van der Waals surface area contributed by atoms with E-state index in [9.17, 15) is 0 Å². The number of furan rings is 1. The number of hydrogen-bond donors (Lipinski definition) is 1. The van der Waals surface area contributed by atoms with Crippen LogP contribution >= 0.6 is 11.3 Å². The van der Waals surface area contributed by atoms with E-state index in [4.69, 9.17) is 9.15 Å². The van der Waals surface area contributed by atoms with Crippen molar-refractivity contribution in [2.24, 2.45) is 0 Å². The molecule has 0 unspecified atom stereocenters. The van der Waals surface area contributed by atoms with Crippen LogP contribution < -0.4 is 5.32 Å². The van der Waals surface area contributed by atoms with Crippen LogP contribution in [0, 0.1) is 0 Å². The monoisotopic (exact) mass is 279 g/mol. The minimum absolute atomic E-state index is 0.456. The Morgan fingerprint density at radius 1 is 1.37 bits per heavy atom. The number of nitrogens with one attached hydrogen (secondary N) is 1. The van der Waals surface area contributed by atoms with Crippen molar-refractivity contribution in [3.8, 4) is 0 Å². The third-order valence-electron chi connectivity index (χ3n) is 2.84. The molecule has 0 saturated carbocycles. The first-order valence-corrected chi connectivity index (χ1v) is 7.52. The van der Waals surface area contributed by atoms with Crippen LogP contribution in [0.5, 0.6) is 0 Å². The average molecular weight is 279 g/mol. The van der Waals surface area contributed by atoms with E-state index in [0.717, 1.165) is 30.9 Å². The third-order valence-corrected chi connectivity index (χ3v) is 3.78. The highest BCUT2D eigenvalue weighted by atomic mass is 32.1. The van der Waals surface area contributed by atoms with Crippen LogP contribution in [0.25, 0.3) is 0 Å². The molecule has 4 heteroatoms.